The van der Waals surface area contributed by atoms with Gasteiger partial charge in [-0.05, 0) is 6.42 Å². The van der Waals surface area contributed by atoms with Crippen molar-refractivity contribution in [2.24, 2.45) is 5.92 Å². The van der Waals surface area contributed by atoms with E-state index in [0.29, 0.717) is 13.0 Å². The van der Waals surface area contributed by atoms with Gasteiger partial charge in [-0.25, -0.2) is 9.97 Å². The standard InChI is InChI=1S/C10H14N4O2/c1-11-8-4-9(13-6-12-8)14-3-2-7(5-14)10(15)16/h4,6-7H,2-3,5H2,1H3,(H,15,16)(H,11,12,13). The van der Waals surface area contributed by atoms with Gasteiger partial charge in [-0.1, -0.05) is 0 Å². The third kappa shape index (κ3) is 2.05. The van der Waals surface area contributed by atoms with Crippen LogP contribution in [0, 0.1) is 5.92 Å². The molecule has 1 unspecified atom stereocenters. The average Bonchev–Trinajstić information content (AvgIpc) is 2.78. The molecule has 0 saturated carbocycles. The summed E-state index contributed by atoms with van der Waals surface area (Å²) in [5, 5.41) is 11.8. The normalized spacial score (nSPS) is 19.8. The molecule has 6 heteroatoms. The summed E-state index contributed by atoms with van der Waals surface area (Å²) in [7, 11) is 1.79. The quantitative estimate of drug-likeness (QED) is 0.772. The Kier molecular flexibility index (Phi) is 2.89. The first kappa shape index (κ1) is 10.7. The first-order chi connectivity index (χ1) is 7.70. The van der Waals surface area contributed by atoms with E-state index in [1.807, 2.05) is 11.0 Å². The largest absolute Gasteiger partial charge is 0.481 e. The monoisotopic (exact) mass is 222 g/mol. The topological polar surface area (TPSA) is 78.4 Å². The molecule has 1 aromatic heterocycles. The van der Waals surface area contributed by atoms with E-state index in [1.54, 1.807) is 7.05 Å². The van der Waals surface area contributed by atoms with E-state index in [1.165, 1.54) is 6.33 Å². The van der Waals surface area contributed by atoms with Crippen molar-refractivity contribution in [2.75, 3.05) is 30.4 Å². The van der Waals surface area contributed by atoms with Crippen molar-refractivity contribution >= 4 is 17.6 Å². The van der Waals surface area contributed by atoms with Crippen molar-refractivity contribution in [3.63, 3.8) is 0 Å². The van der Waals surface area contributed by atoms with Crippen LogP contribution in [0.4, 0.5) is 11.6 Å². The first-order valence-corrected chi connectivity index (χ1v) is 5.18. The second-order valence-corrected chi connectivity index (χ2v) is 3.78. The van der Waals surface area contributed by atoms with Crippen molar-refractivity contribution in [3.8, 4) is 0 Å². The number of anilines is 2. The van der Waals surface area contributed by atoms with Crippen molar-refractivity contribution in [3.05, 3.63) is 12.4 Å². The summed E-state index contributed by atoms with van der Waals surface area (Å²) in [5.41, 5.74) is 0. The van der Waals surface area contributed by atoms with Gasteiger partial charge >= 0.3 is 5.97 Å². The third-order valence-corrected chi connectivity index (χ3v) is 2.77. The van der Waals surface area contributed by atoms with Crippen LogP contribution in [-0.4, -0.2) is 41.2 Å². The summed E-state index contributed by atoms with van der Waals surface area (Å²) in [4.78, 5) is 21.0. The van der Waals surface area contributed by atoms with E-state index in [-0.39, 0.29) is 5.92 Å². The fourth-order valence-corrected chi connectivity index (χ4v) is 1.83. The molecule has 16 heavy (non-hydrogen) atoms. The van der Waals surface area contributed by atoms with Crippen molar-refractivity contribution in [1.82, 2.24) is 9.97 Å². The molecular formula is C10H14N4O2. The van der Waals surface area contributed by atoms with E-state index in [0.717, 1.165) is 18.2 Å². The second kappa shape index (κ2) is 4.34. The Morgan fingerprint density at radius 2 is 2.44 bits per heavy atom. The molecule has 0 radical (unpaired) electrons. The summed E-state index contributed by atoms with van der Waals surface area (Å²) in [6.07, 6.45) is 2.16. The molecule has 6 nitrogen and oxygen atoms in total. The van der Waals surface area contributed by atoms with E-state index >= 15 is 0 Å². The molecule has 1 aliphatic heterocycles. The number of hydrogen-bond acceptors (Lipinski definition) is 5. The molecule has 0 bridgehead atoms. The van der Waals surface area contributed by atoms with Gasteiger partial charge in [0, 0.05) is 26.2 Å². The van der Waals surface area contributed by atoms with Crippen LogP contribution >= 0.6 is 0 Å². The van der Waals surface area contributed by atoms with Gasteiger partial charge < -0.3 is 15.3 Å². The Hall–Kier alpha value is -1.85. The molecule has 1 saturated heterocycles. The van der Waals surface area contributed by atoms with Gasteiger partial charge in [0.05, 0.1) is 5.92 Å². The Labute approximate surface area is 93.3 Å². The lowest BCUT2D eigenvalue weighted by atomic mass is 10.1. The summed E-state index contributed by atoms with van der Waals surface area (Å²) in [6.45, 7) is 1.26. The minimum absolute atomic E-state index is 0.284. The highest BCUT2D eigenvalue weighted by molar-refractivity contribution is 5.72. The number of rotatable bonds is 3. The van der Waals surface area contributed by atoms with Crippen molar-refractivity contribution < 1.29 is 9.90 Å². The first-order valence-electron chi connectivity index (χ1n) is 5.18. The van der Waals surface area contributed by atoms with Crippen LogP contribution in [0.1, 0.15) is 6.42 Å². The third-order valence-electron chi connectivity index (χ3n) is 2.77. The van der Waals surface area contributed by atoms with Crippen LogP contribution in [0.2, 0.25) is 0 Å². The molecule has 0 aliphatic carbocycles. The Morgan fingerprint density at radius 1 is 1.62 bits per heavy atom. The van der Waals surface area contributed by atoms with Gasteiger partial charge in [0.15, 0.2) is 0 Å². The number of carboxylic acid groups (broad SMARTS) is 1. The predicted octanol–water partition coefficient (Wildman–Crippen LogP) is 0.429. The second-order valence-electron chi connectivity index (χ2n) is 3.78. The number of aromatic nitrogens is 2. The zero-order chi connectivity index (χ0) is 11.5. The lowest BCUT2D eigenvalue weighted by Crippen LogP contribution is -2.23. The van der Waals surface area contributed by atoms with Gasteiger partial charge in [0.2, 0.25) is 0 Å². The molecule has 2 N–H and O–H groups in total. The molecule has 2 rings (SSSR count). The molecule has 1 aromatic rings. The fraction of sp³-hybridized carbons (Fsp3) is 0.500. The van der Waals surface area contributed by atoms with Crippen molar-refractivity contribution in [1.29, 1.82) is 0 Å². The minimum Gasteiger partial charge on any atom is -0.481 e. The molecule has 86 valence electrons. The summed E-state index contributed by atoms with van der Waals surface area (Å²) in [5.74, 6) is 0.505. The maximum absolute atomic E-state index is 10.8. The van der Waals surface area contributed by atoms with Gasteiger partial charge in [-0.2, -0.15) is 0 Å². The zero-order valence-corrected chi connectivity index (χ0v) is 9.05. The number of carbonyl (C=O) groups is 1. The highest BCUT2D eigenvalue weighted by atomic mass is 16.4. The highest BCUT2D eigenvalue weighted by Gasteiger charge is 2.28. The fourth-order valence-electron chi connectivity index (χ4n) is 1.83. The Morgan fingerprint density at radius 3 is 3.06 bits per heavy atom. The number of carboxylic acids is 1. The maximum atomic E-state index is 10.8. The lowest BCUT2D eigenvalue weighted by molar-refractivity contribution is -0.140. The molecule has 2 heterocycles. The van der Waals surface area contributed by atoms with E-state index in [4.69, 9.17) is 5.11 Å². The Balaban J connectivity index is 2.11. The maximum Gasteiger partial charge on any atom is 0.308 e. The molecular weight excluding hydrogens is 208 g/mol. The Bertz CT molecular complexity index is 396. The summed E-state index contributed by atoms with van der Waals surface area (Å²) >= 11 is 0. The molecule has 0 amide bonds. The van der Waals surface area contributed by atoms with Gasteiger partial charge in [-0.15, -0.1) is 0 Å². The van der Waals surface area contributed by atoms with Crippen LogP contribution < -0.4 is 10.2 Å². The molecule has 0 aromatic carbocycles. The van der Waals surface area contributed by atoms with Crippen LogP contribution in [0.5, 0.6) is 0 Å². The van der Waals surface area contributed by atoms with Crippen LogP contribution in [0.15, 0.2) is 12.4 Å². The smallest absolute Gasteiger partial charge is 0.308 e. The zero-order valence-electron chi connectivity index (χ0n) is 9.05. The molecule has 1 fully saturated rings. The van der Waals surface area contributed by atoms with Crippen LogP contribution in [-0.2, 0) is 4.79 Å². The van der Waals surface area contributed by atoms with Crippen LogP contribution in [0.25, 0.3) is 0 Å². The lowest BCUT2D eigenvalue weighted by Gasteiger charge is -2.16. The molecule has 0 spiro atoms. The molecule has 1 aliphatic rings. The number of nitrogens with one attached hydrogen (secondary N) is 1. The summed E-state index contributed by atoms with van der Waals surface area (Å²) in [6, 6.07) is 1.82. The average molecular weight is 222 g/mol. The SMILES string of the molecule is CNc1cc(N2CCC(C(=O)O)C2)ncn1. The van der Waals surface area contributed by atoms with E-state index < -0.39 is 5.97 Å². The summed E-state index contributed by atoms with van der Waals surface area (Å²) < 4.78 is 0. The van der Waals surface area contributed by atoms with E-state index in [9.17, 15) is 4.79 Å². The number of nitrogens with zero attached hydrogens (tertiary/aromatic N) is 3. The minimum atomic E-state index is -0.731. The van der Waals surface area contributed by atoms with Crippen molar-refractivity contribution in [2.45, 2.75) is 6.42 Å². The predicted molar refractivity (Wildman–Crippen MR) is 59.5 cm³/mol. The van der Waals surface area contributed by atoms with Gasteiger partial charge in [0.1, 0.15) is 18.0 Å². The van der Waals surface area contributed by atoms with Crippen LogP contribution in [0.3, 0.4) is 0 Å². The van der Waals surface area contributed by atoms with E-state index in [2.05, 4.69) is 15.3 Å². The van der Waals surface area contributed by atoms with Gasteiger partial charge in [0.25, 0.3) is 0 Å². The highest BCUT2D eigenvalue weighted by Crippen LogP contribution is 2.23. The van der Waals surface area contributed by atoms with Gasteiger partial charge in [-0.3, -0.25) is 4.79 Å². The number of hydrogen-bond donors (Lipinski definition) is 2. The molecule has 1 atom stereocenters. The number of aliphatic carboxylic acids is 1.